The van der Waals surface area contributed by atoms with E-state index in [1.54, 1.807) is 6.92 Å². The molecule has 1 atom stereocenters. The number of imide groups is 1. The van der Waals surface area contributed by atoms with Crippen molar-refractivity contribution in [2.75, 3.05) is 0 Å². The van der Waals surface area contributed by atoms with Crippen molar-refractivity contribution in [2.24, 2.45) is 0 Å². The first-order valence-electron chi connectivity index (χ1n) is 6.19. The van der Waals surface area contributed by atoms with E-state index in [1.807, 2.05) is 25.1 Å². The quantitative estimate of drug-likeness (QED) is 0.761. The van der Waals surface area contributed by atoms with Crippen LogP contribution in [0.3, 0.4) is 0 Å². The van der Waals surface area contributed by atoms with Gasteiger partial charge in [0.05, 0.1) is 0 Å². The second kappa shape index (κ2) is 5.17. The van der Waals surface area contributed by atoms with Crippen LogP contribution >= 0.6 is 0 Å². The van der Waals surface area contributed by atoms with Crippen LogP contribution in [0.25, 0.3) is 0 Å². The minimum absolute atomic E-state index is 0.0566. The van der Waals surface area contributed by atoms with Crippen molar-refractivity contribution in [1.82, 2.24) is 4.90 Å². The monoisotopic (exact) mass is 243 g/mol. The molecule has 1 aliphatic heterocycles. The maximum Gasteiger partial charge on any atom is 0.256 e. The Bertz CT molecular complexity index is 490. The SMILES string of the molecule is CC1=CC(=O)N(C(C)CCc2ccccc2)C1=O. The summed E-state index contributed by atoms with van der Waals surface area (Å²) in [6, 6.07) is 10.0. The predicted molar refractivity (Wildman–Crippen MR) is 69.8 cm³/mol. The number of nitrogens with zero attached hydrogens (tertiary/aromatic N) is 1. The van der Waals surface area contributed by atoms with Crippen LogP contribution in [0.5, 0.6) is 0 Å². The van der Waals surface area contributed by atoms with Gasteiger partial charge in [-0.05, 0) is 32.3 Å². The van der Waals surface area contributed by atoms with E-state index in [0.717, 1.165) is 12.8 Å². The maximum absolute atomic E-state index is 11.8. The Morgan fingerprint density at radius 3 is 2.39 bits per heavy atom. The fraction of sp³-hybridized carbons (Fsp3) is 0.333. The lowest BCUT2D eigenvalue weighted by Crippen LogP contribution is -2.39. The van der Waals surface area contributed by atoms with E-state index >= 15 is 0 Å². The van der Waals surface area contributed by atoms with Crippen LogP contribution in [-0.2, 0) is 16.0 Å². The molecule has 1 heterocycles. The molecule has 0 spiro atoms. The first-order chi connectivity index (χ1) is 8.59. The average molecular weight is 243 g/mol. The van der Waals surface area contributed by atoms with Gasteiger partial charge in [-0.1, -0.05) is 30.3 Å². The van der Waals surface area contributed by atoms with Crippen LogP contribution in [0.1, 0.15) is 25.8 Å². The molecule has 3 heteroatoms. The van der Waals surface area contributed by atoms with Crippen molar-refractivity contribution in [3.05, 3.63) is 47.5 Å². The number of amides is 2. The van der Waals surface area contributed by atoms with Crippen molar-refractivity contribution in [1.29, 1.82) is 0 Å². The van der Waals surface area contributed by atoms with Crippen molar-refractivity contribution < 1.29 is 9.59 Å². The van der Waals surface area contributed by atoms with Gasteiger partial charge in [0.25, 0.3) is 11.8 Å². The van der Waals surface area contributed by atoms with Crippen molar-refractivity contribution in [2.45, 2.75) is 32.7 Å². The molecule has 0 aromatic heterocycles. The molecule has 94 valence electrons. The summed E-state index contributed by atoms with van der Waals surface area (Å²) in [4.78, 5) is 24.8. The largest absolute Gasteiger partial charge is 0.272 e. The maximum atomic E-state index is 11.8. The Hall–Kier alpha value is -1.90. The van der Waals surface area contributed by atoms with Gasteiger partial charge in [-0.3, -0.25) is 14.5 Å². The standard InChI is InChI=1S/C15H17NO2/c1-11-10-14(17)16(15(11)18)12(2)8-9-13-6-4-3-5-7-13/h3-7,10,12H,8-9H2,1-2H3. The molecule has 0 radical (unpaired) electrons. The van der Waals surface area contributed by atoms with Gasteiger partial charge in [0.2, 0.25) is 0 Å². The molecule has 1 aromatic rings. The summed E-state index contributed by atoms with van der Waals surface area (Å²) in [6.45, 7) is 3.61. The Kier molecular flexibility index (Phi) is 3.60. The lowest BCUT2D eigenvalue weighted by atomic mass is 10.1. The van der Waals surface area contributed by atoms with Crippen molar-refractivity contribution in [3.63, 3.8) is 0 Å². The zero-order valence-electron chi connectivity index (χ0n) is 10.7. The van der Waals surface area contributed by atoms with Crippen LogP contribution in [0.2, 0.25) is 0 Å². The van der Waals surface area contributed by atoms with Gasteiger partial charge in [-0.15, -0.1) is 0 Å². The Labute approximate surface area is 107 Å². The summed E-state index contributed by atoms with van der Waals surface area (Å²) in [7, 11) is 0. The van der Waals surface area contributed by atoms with Crippen LogP contribution in [-0.4, -0.2) is 22.8 Å². The highest BCUT2D eigenvalue weighted by Crippen LogP contribution is 2.18. The summed E-state index contributed by atoms with van der Waals surface area (Å²) >= 11 is 0. The molecule has 3 nitrogen and oxygen atoms in total. The van der Waals surface area contributed by atoms with Gasteiger partial charge >= 0.3 is 0 Å². The summed E-state index contributed by atoms with van der Waals surface area (Å²) in [6.07, 6.45) is 3.09. The third-order valence-corrected chi connectivity index (χ3v) is 3.27. The molecule has 1 aliphatic rings. The normalized spacial score (nSPS) is 17.0. The fourth-order valence-electron chi connectivity index (χ4n) is 2.17. The number of hydrogen-bond donors (Lipinski definition) is 0. The molecule has 1 unspecified atom stereocenters. The predicted octanol–water partition coefficient (Wildman–Crippen LogP) is 2.32. The zero-order valence-corrected chi connectivity index (χ0v) is 10.7. The minimum atomic E-state index is -0.182. The molecule has 18 heavy (non-hydrogen) atoms. The van der Waals surface area contributed by atoms with Gasteiger partial charge in [0, 0.05) is 17.7 Å². The first-order valence-corrected chi connectivity index (χ1v) is 6.19. The molecule has 0 N–H and O–H groups in total. The van der Waals surface area contributed by atoms with Gasteiger partial charge in [0.15, 0.2) is 0 Å². The number of carbonyl (C=O) groups is 2. The molecule has 1 aromatic carbocycles. The van der Waals surface area contributed by atoms with E-state index in [2.05, 4.69) is 12.1 Å². The summed E-state index contributed by atoms with van der Waals surface area (Å²) in [5.41, 5.74) is 1.76. The second-order valence-electron chi connectivity index (χ2n) is 4.71. The molecule has 0 saturated heterocycles. The van der Waals surface area contributed by atoms with E-state index in [1.165, 1.54) is 16.5 Å². The smallest absolute Gasteiger partial charge is 0.256 e. The van der Waals surface area contributed by atoms with Crippen molar-refractivity contribution in [3.8, 4) is 0 Å². The molecule has 0 saturated carbocycles. The van der Waals surface area contributed by atoms with Gasteiger partial charge in [-0.2, -0.15) is 0 Å². The van der Waals surface area contributed by atoms with E-state index in [0.29, 0.717) is 5.57 Å². The van der Waals surface area contributed by atoms with Gasteiger partial charge < -0.3 is 0 Å². The molecular weight excluding hydrogens is 226 g/mol. The number of aryl methyl sites for hydroxylation is 1. The number of carbonyl (C=O) groups excluding carboxylic acids is 2. The van der Waals surface area contributed by atoms with Gasteiger partial charge in [0.1, 0.15) is 0 Å². The highest BCUT2D eigenvalue weighted by atomic mass is 16.2. The molecule has 0 aliphatic carbocycles. The highest BCUT2D eigenvalue weighted by molar-refractivity contribution is 6.16. The molecule has 2 rings (SSSR count). The summed E-state index contributed by atoms with van der Waals surface area (Å²) in [5, 5.41) is 0. The van der Waals surface area contributed by atoms with Gasteiger partial charge in [-0.25, -0.2) is 0 Å². The lowest BCUT2D eigenvalue weighted by Gasteiger charge is -2.22. The third kappa shape index (κ3) is 2.50. The highest BCUT2D eigenvalue weighted by Gasteiger charge is 2.31. The number of hydrogen-bond acceptors (Lipinski definition) is 2. The van der Waals surface area contributed by atoms with E-state index in [4.69, 9.17) is 0 Å². The Balaban J connectivity index is 1.95. The van der Waals surface area contributed by atoms with Crippen molar-refractivity contribution >= 4 is 11.8 Å². The zero-order chi connectivity index (χ0) is 13.1. The minimum Gasteiger partial charge on any atom is -0.272 e. The summed E-state index contributed by atoms with van der Waals surface area (Å²) < 4.78 is 0. The van der Waals surface area contributed by atoms with Crippen LogP contribution in [0.4, 0.5) is 0 Å². The fourth-order valence-corrected chi connectivity index (χ4v) is 2.17. The molecular formula is C15H17NO2. The topological polar surface area (TPSA) is 37.4 Å². The van der Waals surface area contributed by atoms with Crippen LogP contribution in [0, 0.1) is 0 Å². The lowest BCUT2D eigenvalue weighted by molar-refractivity contribution is -0.139. The third-order valence-electron chi connectivity index (χ3n) is 3.27. The second-order valence-corrected chi connectivity index (χ2v) is 4.71. The molecule has 0 bridgehead atoms. The van der Waals surface area contributed by atoms with E-state index in [9.17, 15) is 9.59 Å². The average Bonchev–Trinajstić information content (AvgIpc) is 2.62. The van der Waals surface area contributed by atoms with Crippen LogP contribution < -0.4 is 0 Å². The summed E-state index contributed by atoms with van der Waals surface area (Å²) in [5.74, 6) is -0.335. The first kappa shape index (κ1) is 12.6. The molecule has 2 amide bonds. The number of rotatable bonds is 4. The Morgan fingerprint density at radius 1 is 1.17 bits per heavy atom. The van der Waals surface area contributed by atoms with E-state index < -0.39 is 0 Å². The Morgan fingerprint density at radius 2 is 1.83 bits per heavy atom. The number of benzene rings is 1. The van der Waals surface area contributed by atoms with Crippen LogP contribution in [0.15, 0.2) is 42.0 Å². The molecule has 0 fully saturated rings. The van der Waals surface area contributed by atoms with E-state index in [-0.39, 0.29) is 17.9 Å².